The molecule has 0 amide bonds. The maximum absolute atomic E-state index is 8.25. The van der Waals surface area contributed by atoms with Crippen molar-refractivity contribution in [2.75, 3.05) is 0 Å². The molecule has 0 saturated heterocycles. The van der Waals surface area contributed by atoms with Crippen LogP contribution >= 0.6 is 0 Å². The third kappa shape index (κ3) is 91.8. The van der Waals surface area contributed by atoms with E-state index in [1.165, 1.54) is 0 Å². The van der Waals surface area contributed by atoms with E-state index in [9.17, 15) is 0 Å². The Morgan fingerprint density at radius 2 is 1.33 bits per heavy atom. The Kier molecular flexibility index (Phi) is 24.5. The smallest absolute Gasteiger partial charge is 0.356 e. The van der Waals surface area contributed by atoms with Crippen LogP contribution in [0.1, 0.15) is 0 Å². The molecule has 0 bridgehead atoms. The molecule has 0 saturated carbocycles. The van der Waals surface area contributed by atoms with Gasteiger partial charge in [0.05, 0.1) is 5.09 Å². The third-order valence-corrected chi connectivity index (χ3v) is 0. The van der Waals surface area contributed by atoms with E-state index >= 15 is 0 Å². The van der Waals surface area contributed by atoms with Gasteiger partial charge in [-0.2, -0.15) is 0 Å². The van der Waals surface area contributed by atoms with Crippen molar-refractivity contribution >= 4 is 8.41 Å². The van der Waals surface area contributed by atoms with E-state index in [0.717, 1.165) is 0 Å². The molecule has 0 aliphatic carbocycles. The van der Waals surface area contributed by atoms with Crippen LogP contribution in [0.5, 0.6) is 0 Å². The second kappa shape index (κ2) is 9.31. The molecule has 0 aliphatic heterocycles. The molecule has 0 aromatic rings. The predicted molar refractivity (Wildman–Crippen MR) is 16.1 cm³/mol. The van der Waals surface area contributed by atoms with E-state index in [4.69, 9.17) is 15.3 Å². The average Bonchev–Trinajstić information content (AvgIpc) is 0.811. The Hall–Kier alpha value is 0.901. The molecule has 0 atom stereocenters. The zero-order valence-electron chi connectivity index (χ0n) is 3.25. The van der Waals surface area contributed by atoms with Gasteiger partial charge < -0.3 is 15.3 Å². The Morgan fingerprint density at radius 1 is 1.33 bits per heavy atom. The Balaban J connectivity index is -0.0000000450. The van der Waals surface area contributed by atoms with Crippen molar-refractivity contribution in [3.05, 3.63) is 15.3 Å². The van der Waals surface area contributed by atoms with Crippen LogP contribution in [-0.4, -0.2) is 13.5 Å². The number of hydrogen-bond acceptors (Lipinski definition) is 3. The fourth-order valence-electron chi connectivity index (χ4n) is 0. The largest absolute Gasteiger partial charge is 1.00 e. The summed E-state index contributed by atoms with van der Waals surface area (Å²) < 4.78 is 0. The van der Waals surface area contributed by atoms with Gasteiger partial charge in [0.1, 0.15) is 0 Å². The quantitative estimate of drug-likeness (QED) is 0.184. The number of nitrogens with zero attached hydrogens (tertiary/aromatic N) is 1. The van der Waals surface area contributed by atoms with Crippen molar-refractivity contribution in [3.8, 4) is 0 Å². The minimum Gasteiger partial charge on any atom is -0.356 e. The first-order valence-corrected chi connectivity index (χ1v) is 0.548. The molecular formula is BKNO3. The maximum Gasteiger partial charge on any atom is 1.00 e. The van der Waals surface area contributed by atoms with E-state index < -0.39 is 5.09 Å². The van der Waals surface area contributed by atoms with E-state index in [1.54, 1.807) is 0 Å². The van der Waals surface area contributed by atoms with Crippen LogP contribution in [0.4, 0.5) is 0 Å². The molecule has 0 heterocycles. The first kappa shape index (κ1) is 15.8. The average molecular weight is 112 g/mol. The third-order valence-electron chi connectivity index (χ3n) is 0. The molecule has 0 N–H and O–H groups in total. The fraction of sp³-hybridized carbons (Fsp3) is 0. The first-order valence-electron chi connectivity index (χ1n) is 0.548. The predicted octanol–water partition coefficient (Wildman–Crippen LogP) is -3.62. The van der Waals surface area contributed by atoms with Gasteiger partial charge in [-0.1, -0.05) is 0 Å². The summed E-state index contributed by atoms with van der Waals surface area (Å²) in [6, 6.07) is 0. The Bertz CT molecular complexity index is 33.8. The number of hydrogen-bond donors (Lipinski definition) is 0. The van der Waals surface area contributed by atoms with Crippen LogP contribution < -0.4 is 51.4 Å². The summed E-state index contributed by atoms with van der Waals surface area (Å²) in [5.41, 5.74) is 0. The molecule has 27 valence electrons. The number of rotatable bonds is 0. The summed E-state index contributed by atoms with van der Waals surface area (Å²) >= 11 is 0. The van der Waals surface area contributed by atoms with E-state index in [0.29, 0.717) is 0 Å². The summed E-state index contributed by atoms with van der Waals surface area (Å²) in [5.74, 6) is 0. The van der Waals surface area contributed by atoms with Gasteiger partial charge in [-0.15, -0.1) is 0 Å². The molecule has 0 rings (SSSR count). The van der Waals surface area contributed by atoms with Gasteiger partial charge in [0, 0.05) is 8.41 Å². The second-order valence-corrected chi connectivity index (χ2v) is 0.224. The van der Waals surface area contributed by atoms with Crippen LogP contribution in [0.15, 0.2) is 0 Å². The molecule has 3 radical (unpaired) electrons. The van der Waals surface area contributed by atoms with Crippen LogP contribution in [-0.2, 0) is 0 Å². The molecular weight excluding hydrogens is 112 g/mol. The second-order valence-electron chi connectivity index (χ2n) is 0.224. The van der Waals surface area contributed by atoms with Crippen molar-refractivity contribution in [3.63, 3.8) is 0 Å². The fourth-order valence-corrected chi connectivity index (χ4v) is 0. The molecule has 0 unspecified atom stereocenters. The van der Waals surface area contributed by atoms with Gasteiger partial charge in [0.15, 0.2) is 0 Å². The molecule has 0 spiro atoms. The van der Waals surface area contributed by atoms with Gasteiger partial charge >= 0.3 is 51.4 Å². The zero-order chi connectivity index (χ0) is 3.58. The normalized spacial score (nSPS) is 4.00. The van der Waals surface area contributed by atoms with E-state index in [-0.39, 0.29) is 59.8 Å². The van der Waals surface area contributed by atoms with Crippen molar-refractivity contribution in [2.45, 2.75) is 0 Å². The van der Waals surface area contributed by atoms with Gasteiger partial charge in [0.2, 0.25) is 0 Å². The molecule has 0 aliphatic rings. The SMILES string of the molecule is O=[N+]([O-])[O-].[B].[K+]. The monoisotopic (exact) mass is 112 g/mol. The van der Waals surface area contributed by atoms with Gasteiger partial charge in [0.25, 0.3) is 0 Å². The van der Waals surface area contributed by atoms with Crippen molar-refractivity contribution in [1.82, 2.24) is 0 Å². The minimum absolute atomic E-state index is 0. The zero-order valence-corrected chi connectivity index (χ0v) is 6.37. The van der Waals surface area contributed by atoms with Crippen molar-refractivity contribution < 1.29 is 56.5 Å². The van der Waals surface area contributed by atoms with Gasteiger partial charge in [-0.25, -0.2) is 0 Å². The summed E-state index contributed by atoms with van der Waals surface area (Å²) in [5, 5.41) is 14.8. The Morgan fingerprint density at radius 3 is 1.33 bits per heavy atom. The van der Waals surface area contributed by atoms with E-state index in [2.05, 4.69) is 0 Å². The molecule has 0 fully saturated rings. The van der Waals surface area contributed by atoms with Crippen molar-refractivity contribution in [2.24, 2.45) is 0 Å². The summed E-state index contributed by atoms with van der Waals surface area (Å²) in [7, 11) is 0. The summed E-state index contributed by atoms with van der Waals surface area (Å²) in [6.07, 6.45) is 0. The van der Waals surface area contributed by atoms with Crippen LogP contribution in [0.25, 0.3) is 0 Å². The van der Waals surface area contributed by atoms with Crippen LogP contribution in [0.2, 0.25) is 0 Å². The summed E-state index contributed by atoms with van der Waals surface area (Å²) in [4.78, 5) is 8.25. The minimum atomic E-state index is -1.75. The topological polar surface area (TPSA) is 66.2 Å². The first-order chi connectivity index (χ1) is 1.73. The molecule has 6 heavy (non-hydrogen) atoms. The maximum atomic E-state index is 8.25. The summed E-state index contributed by atoms with van der Waals surface area (Å²) in [6.45, 7) is 0. The van der Waals surface area contributed by atoms with E-state index in [1.807, 2.05) is 0 Å². The van der Waals surface area contributed by atoms with Gasteiger partial charge in [-0.05, 0) is 0 Å². The molecule has 6 heteroatoms. The molecule has 4 nitrogen and oxygen atoms in total. The van der Waals surface area contributed by atoms with Crippen molar-refractivity contribution in [1.29, 1.82) is 0 Å². The van der Waals surface area contributed by atoms with Crippen LogP contribution in [0, 0.1) is 15.3 Å². The van der Waals surface area contributed by atoms with Gasteiger partial charge in [-0.3, -0.25) is 0 Å². The van der Waals surface area contributed by atoms with Crippen LogP contribution in [0.3, 0.4) is 0 Å². The standard InChI is InChI=1S/B.K.NO3/c;;2-1(3)4/q;+1;-1. The Labute approximate surface area is 79.0 Å². The molecule has 0 aromatic carbocycles. The molecule has 0 aromatic heterocycles.